The van der Waals surface area contributed by atoms with Gasteiger partial charge in [-0.25, -0.2) is 9.59 Å². The fourth-order valence-electron chi connectivity index (χ4n) is 3.11. The highest BCUT2D eigenvalue weighted by Gasteiger charge is 2.26. The number of rotatable bonds is 5. The zero-order chi connectivity index (χ0) is 20.4. The molecular weight excluding hydrogens is 364 g/mol. The SMILES string of the molecule is CCOC(=O)c1c(C)[nH]c(C=C2C(=O)Nc3ccc(OC(=O)CO)cc32)c1C. The quantitative estimate of drug-likeness (QED) is 0.413. The fourth-order valence-corrected chi connectivity index (χ4v) is 3.11. The number of nitrogens with one attached hydrogen (secondary N) is 2. The van der Waals surface area contributed by atoms with Crippen LogP contribution in [0.2, 0.25) is 0 Å². The molecule has 1 aliphatic heterocycles. The average molecular weight is 384 g/mol. The summed E-state index contributed by atoms with van der Waals surface area (Å²) in [6.07, 6.45) is 1.64. The lowest BCUT2D eigenvalue weighted by atomic mass is 10.0. The van der Waals surface area contributed by atoms with Crippen molar-refractivity contribution >= 4 is 35.2 Å². The number of aliphatic hydroxyl groups is 1. The number of fused-ring (bicyclic) bond motifs is 1. The molecule has 0 spiro atoms. The number of hydrogen-bond donors (Lipinski definition) is 3. The molecule has 0 atom stereocenters. The zero-order valence-corrected chi connectivity index (χ0v) is 15.7. The van der Waals surface area contributed by atoms with Crippen LogP contribution in [0.1, 0.15) is 39.8 Å². The minimum absolute atomic E-state index is 0.215. The summed E-state index contributed by atoms with van der Waals surface area (Å²) in [5.74, 6) is -1.32. The molecule has 8 nitrogen and oxygen atoms in total. The number of carbonyl (C=O) groups excluding carboxylic acids is 3. The Morgan fingerprint density at radius 2 is 2.00 bits per heavy atom. The van der Waals surface area contributed by atoms with Crippen LogP contribution in [0.4, 0.5) is 5.69 Å². The average Bonchev–Trinajstić information content (AvgIpc) is 3.11. The Hall–Kier alpha value is -3.39. The summed E-state index contributed by atoms with van der Waals surface area (Å²) in [7, 11) is 0. The number of ether oxygens (including phenoxy) is 2. The molecule has 2 heterocycles. The van der Waals surface area contributed by atoms with Crippen molar-refractivity contribution < 1.29 is 29.0 Å². The summed E-state index contributed by atoms with van der Waals surface area (Å²) in [5.41, 5.74) is 3.86. The van der Waals surface area contributed by atoms with Crippen LogP contribution in [0.5, 0.6) is 5.75 Å². The summed E-state index contributed by atoms with van der Waals surface area (Å²) >= 11 is 0. The Labute approximate surface area is 161 Å². The van der Waals surface area contributed by atoms with E-state index in [1.807, 2.05) is 0 Å². The second-order valence-electron chi connectivity index (χ2n) is 6.24. The van der Waals surface area contributed by atoms with Crippen molar-refractivity contribution in [3.05, 3.63) is 46.3 Å². The van der Waals surface area contributed by atoms with Gasteiger partial charge in [-0.3, -0.25) is 4.79 Å². The fraction of sp³-hybridized carbons (Fsp3) is 0.250. The van der Waals surface area contributed by atoms with Crippen molar-refractivity contribution in [3.8, 4) is 5.75 Å². The molecule has 2 aromatic rings. The van der Waals surface area contributed by atoms with Gasteiger partial charge < -0.3 is 24.9 Å². The number of aromatic nitrogens is 1. The number of esters is 2. The zero-order valence-electron chi connectivity index (χ0n) is 15.7. The number of anilines is 1. The Morgan fingerprint density at radius 1 is 1.25 bits per heavy atom. The molecule has 0 bridgehead atoms. The molecule has 0 aliphatic carbocycles. The summed E-state index contributed by atoms with van der Waals surface area (Å²) in [4.78, 5) is 39.0. The van der Waals surface area contributed by atoms with Gasteiger partial charge in [-0.05, 0) is 50.6 Å². The Morgan fingerprint density at radius 3 is 2.68 bits per heavy atom. The van der Waals surface area contributed by atoms with Crippen molar-refractivity contribution in [2.24, 2.45) is 0 Å². The molecule has 0 radical (unpaired) electrons. The van der Waals surface area contributed by atoms with Gasteiger partial charge in [-0.15, -0.1) is 0 Å². The van der Waals surface area contributed by atoms with E-state index in [1.54, 1.807) is 39.0 Å². The van der Waals surface area contributed by atoms with Crippen molar-refractivity contribution in [3.63, 3.8) is 0 Å². The first-order valence-corrected chi connectivity index (χ1v) is 8.71. The maximum Gasteiger partial charge on any atom is 0.340 e. The number of benzene rings is 1. The predicted molar refractivity (Wildman–Crippen MR) is 102 cm³/mol. The molecular formula is C20H20N2O6. The first kappa shape index (κ1) is 19.4. The maximum absolute atomic E-state index is 12.4. The van der Waals surface area contributed by atoms with Gasteiger partial charge >= 0.3 is 11.9 Å². The van der Waals surface area contributed by atoms with E-state index < -0.39 is 18.5 Å². The van der Waals surface area contributed by atoms with E-state index in [2.05, 4.69) is 10.3 Å². The van der Waals surface area contributed by atoms with Gasteiger partial charge in [0.15, 0.2) is 0 Å². The van der Waals surface area contributed by atoms with Crippen LogP contribution in [0.25, 0.3) is 11.6 Å². The number of aliphatic hydroxyl groups excluding tert-OH is 1. The topological polar surface area (TPSA) is 118 Å². The monoisotopic (exact) mass is 384 g/mol. The number of hydrogen-bond acceptors (Lipinski definition) is 6. The summed E-state index contributed by atoms with van der Waals surface area (Å²) in [6.45, 7) is 4.80. The van der Waals surface area contributed by atoms with Gasteiger partial charge in [0, 0.05) is 22.6 Å². The number of H-pyrrole nitrogens is 1. The molecule has 8 heteroatoms. The van der Waals surface area contributed by atoms with E-state index in [0.29, 0.717) is 39.3 Å². The molecule has 0 saturated carbocycles. The number of aryl methyl sites for hydroxylation is 1. The van der Waals surface area contributed by atoms with Crippen LogP contribution in [0.3, 0.4) is 0 Å². The third-order valence-corrected chi connectivity index (χ3v) is 4.38. The van der Waals surface area contributed by atoms with E-state index >= 15 is 0 Å². The van der Waals surface area contributed by atoms with Gasteiger partial charge in [-0.2, -0.15) is 0 Å². The third-order valence-electron chi connectivity index (χ3n) is 4.38. The molecule has 28 heavy (non-hydrogen) atoms. The summed E-state index contributed by atoms with van der Waals surface area (Å²) < 4.78 is 10.1. The van der Waals surface area contributed by atoms with Crippen molar-refractivity contribution in [1.82, 2.24) is 4.98 Å². The predicted octanol–water partition coefficient (Wildman–Crippen LogP) is 2.20. The Kier molecular flexibility index (Phi) is 5.32. The van der Waals surface area contributed by atoms with Crippen LogP contribution in [-0.4, -0.2) is 41.2 Å². The van der Waals surface area contributed by atoms with Crippen LogP contribution in [-0.2, 0) is 14.3 Å². The number of amides is 1. The van der Waals surface area contributed by atoms with Crippen molar-refractivity contribution in [2.75, 3.05) is 18.5 Å². The maximum atomic E-state index is 12.4. The van der Waals surface area contributed by atoms with Crippen LogP contribution in [0, 0.1) is 13.8 Å². The highest BCUT2D eigenvalue weighted by Crippen LogP contribution is 2.36. The Balaban J connectivity index is 2.02. The number of carbonyl (C=O) groups is 3. The van der Waals surface area contributed by atoms with E-state index in [-0.39, 0.29) is 18.3 Å². The first-order valence-electron chi connectivity index (χ1n) is 8.71. The lowest BCUT2D eigenvalue weighted by Gasteiger charge is -2.05. The largest absolute Gasteiger partial charge is 0.462 e. The van der Waals surface area contributed by atoms with Crippen LogP contribution < -0.4 is 10.1 Å². The van der Waals surface area contributed by atoms with E-state index in [9.17, 15) is 14.4 Å². The lowest BCUT2D eigenvalue weighted by Crippen LogP contribution is -2.12. The van der Waals surface area contributed by atoms with Crippen molar-refractivity contribution in [1.29, 1.82) is 0 Å². The van der Waals surface area contributed by atoms with E-state index in [1.165, 1.54) is 6.07 Å². The number of aromatic amines is 1. The van der Waals surface area contributed by atoms with Gasteiger partial charge in [0.2, 0.25) is 0 Å². The van der Waals surface area contributed by atoms with Gasteiger partial charge in [0.05, 0.1) is 17.7 Å². The van der Waals surface area contributed by atoms with E-state index in [4.69, 9.17) is 14.6 Å². The smallest absolute Gasteiger partial charge is 0.340 e. The van der Waals surface area contributed by atoms with Crippen LogP contribution >= 0.6 is 0 Å². The summed E-state index contributed by atoms with van der Waals surface area (Å²) in [5, 5.41) is 11.6. The molecule has 1 aromatic carbocycles. The highest BCUT2D eigenvalue weighted by molar-refractivity contribution is 6.35. The molecule has 1 aromatic heterocycles. The molecule has 0 unspecified atom stereocenters. The minimum Gasteiger partial charge on any atom is -0.462 e. The Bertz CT molecular complexity index is 1000. The van der Waals surface area contributed by atoms with Gasteiger partial charge in [-0.1, -0.05) is 0 Å². The molecule has 0 fully saturated rings. The minimum atomic E-state index is -0.794. The second-order valence-corrected chi connectivity index (χ2v) is 6.24. The first-order chi connectivity index (χ1) is 13.3. The molecule has 146 valence electrons. The van der Waals surface area contributed by atoms with Crippen molar-refractivity contribution in [2.45, 2.75) is 20.8 Å². The molecule has 1 aliphatic rings. The molecule has 0 saturated heterocycles. The van der Waals surface area contributed by atoms with Gasteiger partial charge in [0.25, 0.3) is 5.91 Å². The standard InChI is InChI=1S/C20H20N2O6/c1-4-27-20(26)18-10(2)16(21-11(18)3)8-14-13-7-12(28-17(24)9-23)5-6-15(13)22-19(14)25/h5-8,21,23H,4,9H2,1-3H3,(H,22,25). The van der Waals surface area contributed by atoms with Gasteiger partial charge in [0.1, 0.15) is 12.4 Å². The molecule has 3 N–H and O–H groups in total. The second kappa shape index (κ2) is 7.69. The third kappa shape index (κ3) is 3.54. The molecule has 3 rings (SSSR count). The normalized spacial score (nSPS) is 14.0. The van der Waals surface area contributed by atoms with Crippen LogP contribution in [0.15, 0.2) is 18.2 Å². The highest BCUT2D eigenvalue weighted by atomic mass is 16.5. The van der Waals surface area contributed by atoms with E-state index in [0.717, 1.165) is 0 Å². The molecule has 1 amide bonds. The lowest BCUT2D eigenvalue weighted by molar-refractivity contribution is -0.137. The summed E-state index contributed by atoms with van der Waals surface area (Å²) in [6, 6.07) is 4.69.